The quantitative estimate of drug-likeness (QED) is 0.723. The van der Waals surface area contributed by atoms with Crippen molar-refractivity contribution in [2.24, 2.45) is 0 Å². The average molecular weight is 249 g/mol. The van der Waals surface area contributed by atoms with Crippen LogP contribution < -0.4 is 0 Å². The first-order valence-corrected chi connectivity index (χ1v) is 5.81. The highest BCUT2D eigenvalue weighted by Crippen LogP contribution is 2.11. The van der Waals surface area contributed by atoms with Crippen LogP contribution in [-0.4, -0.2) is 50.9 Å². The Morgan fingerprint density at radius 1 is 1.56 bits per heavy atom. The summed E-state index contributed by atoms with van der Waals surface area (Å²) in [6, 6.07) is 1.83. The minimum Gasteiger partial charge on any atom is -0.372 e. The molecular weight excluding hydrogens is 234 g/mol. The van der Waals surface area contributed by atoms with Gasteiger partial charge < -0.3 is 9.64 Å². The number of nitrogens with zero attached hydrogens (tertiary/aromatic N) is 5. The van der Waals surface area contributed by atoms with Gasteiger partial charge in [0.25, 0.3) is 5.82 Å². The summed E-state index contributed by atoms with van der Waals surface area (Å²) in [5, 5.41) is 12.5. The Morgan fingerprint density at radius 3 is 2.78 bits per heavy atom. The number of rotatable bonds is 2. The van der Waals surface area contributed by atoms with Crippen molar-refractivity contribution in [2.45, 2.75) is 32.6 Å². The van der Waals surface area contributed by atoms with Gasteiger partial charge in [-0.25, -0.2) is 9.67 Å². The van der Waals surface area contributed by atoms with Crippen LogP contribution >= 0.6 is 0 Å². The fraction of sp³-hybridized carbons (Fsp3) is 0.636. The average Bonchev–Trinajstić information content (AvgIpc) is 2.75. The van der Waals surface area contributed by atoms with E-state index in [2.05, 4.69) is 10.1 Å². The molecule has 0 aliphatic carbocycles. The molecule has 0 bridgehead atoms. The van der Waals surface area contributed by atoms with Gasteiger partial charge in [0, 0.05) is 13.1 Å². The van der Waals surface area contributed by atoms with Crippen LogP contribution in [0.3, 0.4) is 0 Å². The second kappa shape index (κ2) is 5.14. The lowest BCUT2D eigenvalue weighted by molar-refractivity contribution is -0.144. The zero-order valence-corrected chi connectivity index (χ0v) is 10.4. The van der Waals surface area contributed by atoms with Crippen LogP contribution in [0.2, 0.25) is 0 Å². The maximum atomic E-state index is 12.1. The van der Waals surface area contributed by atoms with E-state index in [0.29, 0.717) is 13.1 Å². The number of nitriles is 1. The summed E-state index contributed by atoms with van der Waals surface area (Å²) in [5.41, 5.74) is 0. The number of ether oxygens (including phenoxy) is 1. The Bertz CT molecular complexity index is 468. The molecule has 0 spiro atoms. The summed E-state index contributed by atoms with van der Waals surface area (Å²) in [6.45, 7) is 5.17. The molecule has 2 heterocycles. The monoisotopic (exact) mass is 249 g/mol. The van der Waals surface area contributed by atoms with Crippen molar-refractivity contribution in [2.75, 3.05) is 13.1 Å². The van der Waals surface area contributed by atoms with E-state index in [-0.39, 0.29) is 30.5 Å². The topological polar surface area (TPSA) is 84.0 Å². The van der Waals surface area contributed by atoms with Crippen molar-refractivity contribution >= 4 is 5.91 Å². The third-order valence-corrected chi connectivity index (χ3v) is 2.71. The standard InChI is InChI=1S/C11H15N5O2/c1-8-4-15(5-9(2)18-8)11(17)6-16-7-13-10(3-12)14-16/h7-9H,4-6H2,1-2H3/t8-,9-/m0/s1. The summed E-state index contributed by atoms with van der Waals surface area (Å²) in [5.74, 6) is 0.0397. The maximum Gasteiger partial charge on any atom is 0.252 e. The number of morpholine rings is 1. The van der Waals surface area contributed by atoms with Crippen molar-refractivity contribution in [3.63, 3.8) is 0 Å². The van der Waals surface area contributed by atoms with Crippen LogP contribution in [0.15, 0.2) is 6.33 Å². The van der Waals surface area contributed by atoms with Crippen molar-refractivity contribution in [1.29, 1.82) is 5.26 Å². The molecule has 0 N–H and O–H groups in total. The van der Waals surface area contributed by atoms with Crippen LogP contribution in [0.5, 0.6) is 0 Å². The predicted molar refractivity (Wildman–Crippen MR) is 61.3 cm³/mol. The molecule has 2 atom stereocenters. The van der Waals surface area contributed by atoms with Crippen LogP contribution in [0.1, 0.15) is 19.7 Å². The van der Waals surface area contributed by atoms with Gasteiger partial charge in [0.05, 0.1) is 12.2 Å². The third kappa shape index (κ3) is 2.84. The molecule has 1 aromatic heterocycles. The van der Waals surface area contributed by atoms with E-state index in [4.69, 9.17) is 10.00 Å². The zero-order valence-electron chi connectivity index (χ0n) is 10.4. The molecule has 7 heteroatoms. The Kier molecular flexibility index (Phi) is 3.58. The summed E-state index contributed by atoms with van der Waals surface area (Å²) >= 11 is 0. The van der Waals surface area contributed by atoms with Crippen LogP contribution in [0, 0.1) is 11.3 Å². The number of carbonyl (C=O) groups excluding carboxylic acids is 1. The van der Waals surface area contributed by atoms with E-state index in [1.165, 1.54) is 11.0 Å². The SMILES string of the molecule is C[C@H]1CN(C(=O)Cn2cnc(C#N)n2)C[C@H](C)O1. The molecule has 0 unspecified atom stereocenters. The molecule has 7 nitrogen and oxygen atoms in total. The van der Waals surface area contributed by atoms with Gasteiger partial charge in [-0.05, 0) is 13.8 Å². The Morgan fingerprint density at radius 2 is 2.22 bits per heavy atom. The molecule has 96 valence electrons. The Hall–Kier alpha value is -1.94. The fourth-order valence-electron chi connectivity index (χ4n) is 2.04. The van der Waals surface area contributed by atoms with Crippen molar-refractivity contribution < 1.29 is 9.53 Å². The summed E-state index contributed by atoms with van der Waals surface area (Å²) in [7, 11) is 0. The van der Waals surface area contributed by atoms with Gasteiger partial charge in [-0.2, -0.15) is 5.26 Å². The molecular formula is C11H15N5O2. The van der Waals surface area contributed by atoms with Gasteiger partial charge >= 0.3 is 0 Å². The van der Waals surface area contributed by atoms with E-state index < -0.39 is 0 Å². The smallest absolute Gasteiger partial charge is 0.252 e. The highest BCUT2D eigenvalue weighted by Gasteiger charge is 2.25. The number of aromatic nitrogens is 3. The highest BCUT2D eigenvalue weighted by molar-refractivity contribution is 5.76. The lowest BCUT2D eigenvalue weighted by atomic mass is 10.2. The molecule has 2 rings (SSSR count). The van der Waals surface area contributed by atoms with Gasteiger partial charge in [0.2, 0.25) is 5.91 Å². The highest BCUT2D eigenvalue weighted by atomic mass is 16.5. The summed E-state index contributed by atoms with van der Waals surface area (Å²) < 4.78 is 6.95. The molecule has 1 saturated heterocycles. The lowest BCUT2D eigenvalue weighted by Crippen LogP contribution is -2.49. The number of amides is 1. The second-order valence-corrected chi connectivity index (χ2v) is 4.43. The first-order chi connectivity index (χ1) is 8.58. The number of hydrogen-bond acceptors (Lipinski definition) is 5. The lowest BCUT2D eigenvalue weighted by Gasteiger charge is -2.35. The first kappa shape index (κ1) is 12.5. The van der Waals surface area contributed by atoms with Crippen molar-refractivity contribution in [3.05, 3.63) is 12.2 Å². The van der Waals surface area contributed by atoms with Crippen LogP contribution in [-0.2, 0) is 16.1 Å². The van der Waals surface area contributed by atoms with Crippen molar-refractivity contribution in [3.8, 4) is 6.07 Å². The molecule has 18 heavy (non-hydrogen) atoms. The normalized spacial score (nSPS) is 23.7. The predicted octanol–water partition coefficient (Wildman–Crippen LogP) is -0.214. The van der Waals surface area contributed by atoms with E-state index in [0.717, 1.165) is 0 Å². The van der Waals surface area contributed by atoms with E-state index in [9.17, 15) is 4.79 Å². The van der Waals surface area contributed by atoms with Crippen LogP contribution in [0.25, 0.3) is 0 Å². The molecule has 1 aliphatic heterocycles. The van der Waals surface area contributed by atoms with Crippen molar-refractivity contribution in [1.82, 2.24) is 19.7 Å². The Labute approximate surface area is 105 Å². The minimum atomic E-state index is -0.0358. The van der Waals surface area contributed by atoms with E-state index >= 15 is 0 Å². The molecule has 1 aliphatic rings. The van der Waals surface area contributed by atoms with Gasteiger partial charge in [-0.3, -0.25) is 4.79 Å². The largest absolute Gasteiger partial charge is 0.372 e. The molecule has 0 radical (unpaired) electrons. The summed E-state index contributed by atoms with van der Waals surface area (Å²) in [6.07, 6.45) is 1.48. The van der Waals surface area contributed by atoms with Gasteiger partial charge in [0.1, 0.15) is 18.9 Å². The van der Waals surface area contributed by atoms with Gasteiger partial charge in [0.15, 0.2) is 0 Å². The van der Waals surface area contributed by atoms with Gasteiger partial charge in [-0.1, -0.05) is 0 Å². The molecule has 0 saturated carbocycles. The second-order valence-electron chi connectivity index (χ2n) is 4.43. The van der Waals surface area contributed by atoms with E-state index in [1.807, 2.05) is 19.9 Å². The molecule has 1 aromatic rings. The fourth-order valence-corrected chi connectivity index (χ4v) is 2.04. The number of hydrogen-bond donors (Lipinski definition) is 0. The molecule has 1 amide bonds. The van der Waals surface area contributed by atoms with E-state index in [1.54, 1.807) is 4.90 Å². The molecule has 0 aromatic carbocycles. The third-order valence-electron chi connectivity index (χ3n) is 2.71. The minimum absolute atomic E-state index is 0.0358. The Balaban J connectivity index is 1.97. The number of carbonyl (C=O) groups is 1. The molecule has 1 fully saturated rings. The first-order valence-electron chi connectivity index (χ1n) is 5.81. The summed E-state index contributed by atoms with van der Waals surface area (Å²) in [4.78, 5) is 17.6. The zero-order chi connectivity index (χ0) is 13.1. The maximum absolute atomic E-state index is 12.1. The van der Waals surface area contributed by atoms with Crippen LogP contribution in [0.4, 0.5) is 0 Å². The van der Waals surface area contributed by atoms with Gasteiger partial charge in [-0.15, -0.1) is 5.10 Å².